The molecule has 1 saturated heterocycles. The molecule has 1 aliphatic heterocycles. The number of hydrogen-bond donors (Lipinski definition) is 1. The molecular formula is C16H24N4O. The van der Waals surface area contributed by atoms with Gasteiger partial charge in [0.2, 0.25) is 5.95 Å². The lowest BCUT2D eigenvalue weighted by Gasteiger charge is -2.22. The van der Waals surface area contributed by atoms with Gasteiger partial charge in [-0.3, -0.25) is 0 Å². The van der Waals surface area contributed by atoms with E-state index in [2.05, 4.69) is 27.4 Å². The van der Waals surface area contributed by atoms with Crippen LogP contribution >= 0.6 is 0 Å². The van der Waals surface area contributed by atoms with Crippen LogP contribution in [0.1, 0.15) is 32.7 Å². The first-order chi connectivity index (χ1) is 10.2. The molecule has 21 heavy (non-hydrogen) atoms. The molecule has 0 bridgehead atoms. The third-order valence-electron chi connectivity index (χ3n) is 4.17. The minimum Gasteiger partial charge on any atom is -0.492 e. The van der Waals surface area contributed by atoms with Crippen LogP contribution < -0.4 is 10.5 Å². The Morgan fingerprint density at radius 3 is 2.81 bits per heavy atom. The van der Waals surface area contributed by atoms with Gasteiger partial charge in [0.15, 0.2) is 0 Å². The zero-order valence-electron chi connectivity index (χ0n) is 12.9. The lowest BCUT2D eigenvalue weighted by molar-refractivity contribution is 0.291. The van der Waals surface area contributed by atoms with Crippen LogP contribution in [0.25, 0.3) is 11.0 Å². The Kier molecular flexibility index (Phi) is 4.01. The third-order valence-corrected chi connectivity index (χ3v) is 4.17. The number of aromatic nitrogens is 2. The van der Waals surface area contributed by atoms with E-state index in [9.17, 15) is 0 Å². The molecule has 1 atom stereocenters. The normalized spacial score (nSPS) is 17.4. The smallest absolute Gasteiger partial charge is 0.201 e. The number of nitrogens with two attached hydrogens (primary N) is 1. The molecule has 2 N–H and O–H groups in total. The molecular weight excluding hydrogens is 264 g/mol. The molecule has 2 heterocycles. The summed E-state index contributed by atoms with van der Waals surface area (Å²) in [5, 5.41) is 0. The maximum atomic E-state index is 6.17. The van der Waals surface area contributed by atoms with E-state index in [1.165, 1.54) is 25.9 Å². The highest BCUT2D eigenvalue weighted by atomic mass is 16.5. The number of fused-ring (bicyclic) bond motifs is 1. The van der Waals surface area contributed by atoms with Crippen molar-refractivity contribution in [2.45, 2.75) is 32.7 Å². The summed E-state index contributed by atoms with van der Waals surface area (Å²) >= 11 is 0. The van der Waals surface area contributed by atoms with Gasteiger partial charge in [0.05, 0.1) is 12.1 Å². The summed E-state index contributed by atoms with van der Waals surface area (Å²) in [5.74, 6) is 1.39. The van der Waals surface area contributed by atoms with E-state index >= 15 is 0 Å². The van der Waals surface area contributed by atoms with Crippen molar-refractivity contribution in [1.82, 2.24) is 14.5 Å². The summed E-state index contributed by atoms with van der Waals surface area (Å²) in [6.45, 7) is 8.24. The number of ether oxygens (including phenoxy) is 1. The van der Waals surface area contributed by atoms with E-state index < -0.39 is 0 Å². The van der Waals surface area contributed by atoms with E-state index in [1.54, 1.807) is 0 Å². The summed E-state index contributed by atoms with van der Waals surface area (Å²) < 4.78 is 7.79. The van der Waals surface area contributed by atoms with Gasteiger partial charge in [-0.05, 0) is 51.9 Å². The molecule has 1 aromatic heterocycles. The highest BCUT2D eigenvalue weighted by Crippen LogP contribution is 2.30. The van der Waals surface area contributed by atoms with Gasteiger partial charge in [-0.25, -0.2) is 4.98 Å². The van der Waals surface area contributed by atoms with Gasteiger partial charge in [-0.15, -0.1) is 0 Å². The Morgan fingerprint density at radius 1 is 1.33 bits per heavy atom. The summed E-state index contributed by atoms with van der Waals surface area (Å²) in [6.07, 6.45) is 2.61. The number of rotatable bonds is 5. The first-order valence-corrected chi connectivity index (χ1v) is 7.82. The van der Waals surface area contributed by atoms with Gasteiger partial charge in [0, 0.05) is 12.6 Å². The summed E-state index contributed by atoms with van der Waals surface area (Å²) in [4.78, 5) is 7.03. The number of anilines is 1. The predicted molar refractivity (Wildman–Crippen MR) is 85.7 cm³/mol. The van der Waals surface area contributed by atoms with Gasteiger partial charge >= 0.3 is 0 Å². The van der Waals surface area contributed by atoms with Crippen LogP contribution in [0.3, 0.4) is 0 Å². The maximum Gasteiger partial charge on any atom is 0.201 e. The molecule has 1 fully saturated rings. The summed E-state index contributed by atoms with van der Waals surface area (Å²) in [5.41, 5.74) is 8.10. The molecule has 0 saturated carbocycles. The fourth-order valence-electron chi connectivity index (χ4n) is 3.27. The second-order valence-corrected chi connectivity index (χ2v) is 5.75. The molecule has 114 valence electrons. The van der Waals surface area contributed by atoms with Gasteiger partial charge in [0.1, 0.15) is 11.3 Å². The van der Waals surface area contributed by atoms with E-state index in [-0.39, 0.29) is 0 Å². The number of benzene rings is 1. The van der Waals surface area contributed by atoms with Gasteiger partial charge in [-0.2, -0.15) is 0 Å². The van der Waals surface area contributed by atoms with Crippen LogP contribution in [-0.2, 0) is 0 Å². The standard InChI is InChI=1S/C16H24N4O/c1-3-21-14-8-6-7-13-15(14)18-16(17)20(13)12(2)11-19-9-4-5-10-19/h6-8,12H,3-5,9-11H2,1-2H3,(H2,17,18). The van der Waals surface area contributed by atoms with E-state index in [1.807, 2.05) is 19.1 Å². The van der Waals surface area contributed by atoms with Crippen LogP contribution in [0, 0.1) is 0 Å². The zero-order chi connectivity index (χ0) is 14.8. The Hall–Kier alpha value is -1.75. The molecule has 3 rings (SSSR count). The summed E-state index contributed by atoms with van der Waals surface area (Å²) in [7, 11) is 0. The number of para-hydroxylation sites is 1. The molecule has 1 aliphatic rings. The van der Waals surface area contributed by atoms with Crippen molar-refractivity contribution in [2.24, 2.45) is 0 Å². The number of hydrogen-bond acceptors (Lipinski definition) is 4. The Balaban J connectivity index is 1.93. The van der Waals surface area contributed by atoms with Crippen LogP contribution in [0.15, 0.2) is 18.2 Å². The second kappa shape index (κ2) is 5.93. The molecule has 2 aromatic rings. The SMILES string of the molecule is CCOc1cccc2c1nc(N)n2C(C)CN1CCCC1. The monoisotopic (exact) mass is 288 g/mol. The van der Waals surface area contributed by atoms with Crippen LogP contribution in [-0.4, -0.2) is 40.7 Å². The molecule has 5 nitrogen and oxygen atoms in total. The van der Waals surface area contributed by atoms with E-state index in [0.717, 1.165) is 23.3 Å². The minimum absolute atomic E-state index is 0.310. The average molecular weight is 288 g/mol. The maximum absolute atomic E-state index is 6.17. The fraction of sp³-hybridized carbons (Fsp3) is 0.562. The predicted octanol–water partition coefficient (Wildman–Crippen LogP) is 2.67. The van der Waals surface area contributed by atoms with Crippen molar-refractivity contribution < 1.29 is 4.74 Å². The van der Waals surface area contributed by atoms with Crippen LogP contribution in [0.4, 0.5) is 5.95 Å². The molecule has 0 amide bonds. The Morgan fingerprint density at radius 2 is 2.10 bits per heavy atom. The highest BCUT2D eigenvalue weighted by Gasteiger charge is 2.20. The number of imidazole rings is 1. The molecule has 1 aromatic carbocycles. The number of nitrogen functional groups attached to an aromatic ring is 1. The number of likely N-dealkylation sites (tertiary alicyclic amines) is 1. The lowest BCUT2D eigenvalue weighted by atomic mass is 10.2. The van der Waals surface area contributed by atoms with Crippen LogP contribution in [0.5, 0.6) is 5.75 Å². The second-order valence-electron chi connectivity index (χ2n) is 5.75. The molecule has 0 radical (unpaired) electrons. The van der Waals surface area contributed by atoms with Gasteiger partial charge in [0.25, 0.3) is 0 Å². The van der Waals surface area contributed by atoms with Gasteiger partial charge < -0.3 is 19.9 Å². The van der Waals surface area contributed by atoms with Crippen molar-refractivity contribution in [3.05, 3.63) is 18.2 Å². The first-order valence-electron chi connectivity index (χ1n) is 7.82. The highest BCUT2D eigenvalue weighted by molar-refractivity contribution is 5.84. The van der Waals surface area contributed by atoms with E-state index in [0.29, 0.717) is 18.6 Å². The largest absolute Gasteiger partial charge is 0.492 e. The average Bonchev–Trinajstić information content (AvgIpc) is 3.06. The minimum atomic E-state index is 0.310. The lowest BCUT2D eigenvalue weighted by Crippen LogP contribution is -2.27. The fourth-order valence-corrected chi connectivity index (χ4v) is 3.27. The van der Waals surface area contributed by atoms with Crippen molar-refractivity contribution in [2.75, 3.05) is 32.0 Å². The van der Waals surface area contributed by atoms with Crippen molar-refractivity contribution >= 4 is 17.0 Å². The molecule has 0 spiro atoms. The Bertz CT molecular complexity index is 616. The quantitative estimate of drug-likeness (QED) is 0.919. The zero-order valence-corrected chi connectivity index (χ0v) is 12.9. The Labute approximate surface area is 125 Å². The van der Waals surface area contributed by atoms with Crippen molar-refractivity contribution in [1.29, 1.82) is 0 Å². The summed E-state index contributed by atoms with van der Waals surface area (Å²) in [6, 6.07) is 6.34. The van der Waals surface area contributed by atoms with Crippen LogP contribution in [0.2, 0.25) is 0 Å². The molecule has 1 unspecified atom stereocenters. The van der Waals surface area contributed by atoms with E-state index in [4.69, 9.17) is 10.5 Å². The molecule has 5 heteroatoms. The van der Waals surface area contributed by atoms with Crippen molar-refractivity contribution in [3.63, 3.8) is 0 Å². The third kappa shape index (κ3) is 2.70. The first kappa shape index (κ1) is 14.2. The number of nitrogens with zero attached hydrogens (tertiary/aromatic N) is 3. The topological polar surface area (TPSA) is 56.3 Å². The van der Waals surface area contributed by atoms with Gasteiger partial charge in [-0.1, -0.05) is 6.07 Å². The molecule has 0 aliphatic carbocycles. The van der Waals surface area contributed by atoms with Crippen molar-refractivity contribution in [3.8, 4) is 5.75 Å².